The van der Waals surface area contributed by atoms with Crippen molar-refractivity contribution >= 4 is 5.91 Å². The molecular formula is C15H19NO. The van der Waals surface area contributed by atoms with Crippen LogP contribution in [0.25, 0.3) is 0 Å². The third-order valence-electron chi connectivity index (χ3n) is 4.08. The van der Waals surface area contributed by atoms with Crippen LogP contribution in [0.1, 0.15) is 31.2 Å². The second kappa shape index (κ2) is 4.17. The zero-order chi connectivity index (χ0) is 11.8. The average molecular weight is 229 g/mol. The first kappa shape index (κ1) is 10.8. The van der Waals surface area contributed by atoms with Gasteiger partial charge in [0.25, 0.3) is 0 Å². The highest BCUT2D eigenvalue weighted by molar-refractivity contribution is 5.81. The molecule has 2 atom stereocenters. The molecule has 1 aromatic carbocycles. The first-order valence-electron chi connectivity index (χ1n) is 6.59. The Morgan fingerprint density at radius 2 is 1.88 bits per heavy atom. The molecule has 0 N–H and O–H groups in total. The molecule has 2 unspecified atom stereocenters. The van der Waals surface area contributed by atoms with Crippen LogP contribution in [0.5, 0.6) is 0 Å². The van der Waals surface area contributed by atoms with Gasteiger partial charge in [-0.2, -0.15) is 0 Å². The topological polar surface area (TPSA) is 20.3 Å². The molecule has 1 amide bonds. The second-order valence-electron chi connectivity index (χ2n) is 5.51. The molecule has 2 aliphatic rings. The van der Waals surface area contributed by atoms with Gasteiger partial charge >= 0.3 is 0 Å². The van der Waals surface area contributed by atoms with Crippen LogP contribution in [0, 0.1) is 11.8 Å². The molecule has 1 aliphatic carbocycles. The van der Waals surface area contributed by atoms with E-state index < -0.39 is 0 Å². The van der Waals surface area contributed by atoms with Gasteiger partial charge < -0.3 is 4.90 Å². The molecule has 2 nitrogen and oxygen atoms in total. The summed E-state index contributed by atoms with van der Waals surface area (Å²) in [5.41, 5.74) is 1.38. The van der Waals surface area contributed by atoms with Crippen LogP contribution in [0.15, 0.2) is 30.3 Å². The number of carbonyl (C=O) groups excluding carboxylic acids is 1. The summed E-state index contributed by atoms with van der Waals surface area (Å²) in [6.07, 6.45) is 2.22. The Labute approximate surface area is 103 Å². The lowest BCUT2D eigenvalue weighted by Crippen LogP contribution is -2.30. The largest absolute Gasteiger partial charge is 0.342 e. The smallest absolute Gasteiger partial charge is 0.225 e. The Morgan fingerprint density at radius 1 is 1.18 bits per heavy atom. The summed E-state index contributed by atoms with van der Waals surface area (Å²) < 4.78 is 0. The maximum absolute atomic E-state index is 12.1. The van der Waals surface area contributed by atoms with Crippen LogP contribution in [0.4, 0.5) is 0 Å². The summed E-state index contributed by atoms with van der Waals surface area (Å²) in [5, 5.41) is 0. The van der Waals surface area contributed by atoms with Crippen molar-refractivity contribution in [3.8, 4) is 0 Å². The highest BCUT2D eigenvalue weighted by Gasteiger charge is 2.39. The lowest BCUT2D eigenvalue weighted by molar-refractivity contribution is -0.131. The molecule has 90 valence electrons. The minimum atomic E-state index is 0.358. The maximum Gasteiger partial charge on any atom is 0.225 e. The molecule has 0 radical (unpaired) electrons. The standard InChI is InChI=1S/C15H19NO/c1-11-9-16(15(17)13-7-8-13)10-14(11)12-5-3-2-4-6-12/h2-6,11,13-14H,7-10H2,1H3. The fourth-order valence-corrected chi connectivity index (χ4v) is 2.87. The lowest BCUT2D eigenvalue weighted by atomic mass is 9.90. The van der Waals surface area contributed by atoms with Gasteiger partial charge in [-0.25, -0.2) is 0 Å². The number of nitrogens with zero attached hydrogens (tertiary/aromatic N) is 1. The van der Waals surface area contributed by atoms with E-state index in [1.807, 2.05) is 0 Å². The van der Waals surface area contributed by atoms with Gasteiger partial charge in [0.1, 0.15) is 0 Å². The van der Waals surface area contributed by atoms with Crippen molar-refractivity contribution < 1.29 is 4.79 Å². The SMILES string of the molecule is CC1CN(C(=O)C2CC2)CC1c1ccccc1. The molecular weight excluding hydrogens is 210 g/mol. The highest BCUT2D eigenvalue weighted by atomic mass is 16.2. The minimum Gasteiger partial charge on any atom is -0.342 e. The summed E-state index contributed by atoms with van der Waals surface area (Å²) in [4.78, 5) is 14.1. The first-order chi connectivity index (χ1) is 8.25. The maximum atomic E-state index is 12.1. The van der Waals surface area contributed by atoms with Gasteiger partial charge in [-0.05, 0) is 24.3 Å². The van der Waals surface area contributed by atoms with E-state index in [9.17, 15) is 4.79 Å². The molecule has 3 rings (SSSR count). The van der Waals surface area contributed by atoms with Crippen molar-refractivity contribution in [2.45, 2.75) is 25.7 Å². The quantitative estimate of drug-likeness (QED) is 0.763. The zero-order valence-electron chi connectivity index (χ0n) is 10.3. The molecule has 1 saturated heterocycles. The predicted octanol–water partition coefficient (Wildman–Crippen LogP) is 2.66. The summed E-state index contributed by atoms with van der Waals surface area (Å²) in [6, 6.07) is 10.6. The van der Waals surface area contributed by atoms with Crippen molar-refractivity contribution in [3.05, 3.63) is 35.9 Å². The van der Waals surface area contributed by atoms with Crippen molar-refractivity contribution in [2.24, 2.45) is 11.8 Å². The van der Waals surface area contributed by atoms with Gasteiger partial charge in [0, 0.05) is 24.9 Å². The van der Waals surface area contributed by atoms with E-state index in [0.717, 1.165) is 25.9 Å². The van der Waals surface area contributed by atoms with Crippen molar-refractivity contribution in [2.75, 3.05) is 13.1 Å². The van der Waals surface area contributed by atoms with Gasteiger partial charge in [-0.15, -0.1) is 0 Å². The van der Waals surface area contributed by atoms with Crippen LogP contribution in [0.3, 0.4) is 0 Å². The highest BCUT2D eigenvalue weighted by Crippen LogP contribution is 2.37. The van der Waals surface area contributed by atoms with Crippen LogP contribution >= 0.6 is 0 Å². The third-order valence-corrected chi connectivity index (χ3v) is 4.08. The van der Waals surface area contributed by atoms with Crippen molar-refractivity contribution in [1.82, 2.24) is 4.90 Å². The van der Waals surface area contributed by atoms with Gasteiger partial charge in [0.2, 0.25) is 5.91 Å². The Hall–Kier alpha value is -1.31. The summed E-state index contributed by atoms with van der Waals surface area (Å²) >= 11 is 0. The molecule has 0 bridgehead atoms. The Bertz CT molecular complexity index is 410. The first-order valence-corrected chi connectivity index (χ1v) is 6.59. The molecule has 17 heavy (non-hydrogen) atoms. The third kappa shape index (κ3) is 2.08. The van der Waals surface area contributed by atoms with E-state index in [1.54, 1.807) is 0 Å². The van der Waals surface area contributed by atoms with E-state index in [0.29, 0.717) is 23.7 Å². The van der Waals surface area contributed by atoms with Crippen LogP contribution < -0.4 is 0 Å². The normalized spacial score (nSPS) is 28.4. The number of benzene rings is 1. The fourth-order valence-electron chi connectivity index (χ4n) is 2.87. The van der Waals surface area contributed by atoms with E-state index in [2.05, 4.69) is 42.2 Å². The fraction of sp³-hybridized carbons (Fsp3) is 0.533. The summed E-state index contributed by atoms with van der Waals surface area (Å²) in [6.45, 7) is 4.12. The van der Waals surface area contributed by atoms with E-state index in [4.69, 9.17) is 0 Å². The van der Waals surface area contributed by atoms with E-state index in [1.165, 1.54) is 5.56 Å². The zero-order valence-corrected chi connectivity index (χ0v) is 10.3. The number of rotatable bonds is 2. The molecule has 1 aliphatic heterocycles. The Kier molecular flexibility index (Phi) is 2.65. The summed E-state index contributed by atoms with van der Waals surface area (Å²) in [5.74, 6) is 1.87. The van der Waals surface area contributed by atoms with Gasteiger partial charge in [-0.1, -0.05) is 37.3 Å². The monoisotopic (exact) mass is 229 g/mol. The average Bonchev–Trinajstić information content (AvgIpc) is 3.13. The number of hydrogen-bond donors (Lipinski definition) is 0. The van der Waals surface area contributed by atoms with Crippen LogP contribution in [-0.2, 0) is 4.79 Å². The lowest BCUT2D eigenvalue weighted by Gasteiger charge is -2.16. The Balaban J connectivity index is 1.73. The molecule has 0 spiro atoms. The molecule has 2 fully saturated rings. The van der Waals surface area contributed by atoms with Crippen molar-refractivity contribution in [3.63, 3.8) is 0 Å². The second-order valence-corrected chi connectivity index (χ2v) is 5.51. The van der Waals surface area contributed by atoms with Crippen molar-refractivity contribution in [1.29, 1.82) is 0 Å². The minimum absolute atomic E-state index is 0.358. The molecule has 2 heteroatoms. The number of likely N-dealkylation sites (tertiary alicyclic amines) is 1. The van der Waals surface area contributed by atoms with E-state index >= 15 is 0 Å². The Morgan fingerprint density at radius 3 is 2.53 bits per heavy atom. The van der Waals surface area contributed by atoms with E-state index in [-0.39, 0.29) is 0 Å². The van der Waals surface area contributed by atoms with Gasteiger partial charge in [-0.3, -0.25) is 4.79 Å². The molecule has 1 aromatic rings. The summed E-state index contributed by atoms with van der Waals surface area (Å²) in [7, 11) is 0. The van der Waals surface area contributed by atoms with Crippen LogP contribution in [-0.4, -0.2) is 23.9 Å². The molecule has 1 heterocycles. The molecule has 1 saturated carbocycles. The molecule has 0 aromatic heterocycles. The number of carbonyl (C=O) groups is 1. The number of hydrogen-bond acceptors (Lipinski definition) is 1. The van der Waals surface area contributed by atoms with Gasteiger partial charge in [0.15, 0.2) is 0 Å². The van der Waals surface area contributed by atoms with Gasteiger partial charge in [0.05, 0.1) is 0 Å². The van der Waals surface area contributed by atoms with Crippen LogP contribution in [0.2, 0.25) is 0 Å². The predicted molar refractivity (Wildman–Crippen MR) is 67.7 cm³/mol. The number of amides is 1.